The summed E-state index contributed by atoms with van der Waals surface area (Å²) in [7, 11) is 0. The third-order valence-corrected chi connectivity index (χ3v) is 5.28. The highest BCUT2D eigenvalue weighted by Crippen LogP contribution is 2.24. The Morgan fingerprint density at radius 1 is 1.08 bits per heavy atom. The van der Waals surface area contributed by atoms with Gasteiger partial charge in [0.15, 0.2) is 0 Å². The van der Waals surface area contributed by atoms with E-state index in [0.29, 0.717) is 5.56 Å². The van der Waals surface area contributed by atoms with Gasteiger partial charge in [-0.2, -0.15) is 0 Å². The molecule has 3 rings (SSSR count). The van der Waals surface area contributed by atoms with Gasteiger partial charge in [-0.15, -0.1) is 0 Å². The van der Waals surface area contributed by atoms with Gasteiger partial charge in [0.05, 0.1) is 0 Å². The molecule has 1 fully saturated rings. The standard InChI is InChI=1S/C20H24BrN3O/c1-3-23-10-12-24(13-11-23)18-8-9-19(15(2)14-18)22-20(25)16-4-6-17(21)7-5-16/h4-9,14H,3,10-13H2,1-2H3,(H,22,25). The van der Waals surface area contributed by atoms with Crippen molar-refractivity contribution in [2.45, 2.75) is 13.8 Å². The molecule has 1 aliphatic heterocycles. The van der Waals surface area contributed by atoms with Gasteiger partial charge in [-0.05, 0) is 61.5 Å². The maximum absolute atomic E-state index is 12.4. The number of rotatable bonds is 4. The molecule has 0 spiro atoms. The van der Waals surface area contributed by atoms with Crippen LogP contribution in [-0.4, -0.2) is 43.5 Å². The number of nitrogens with zero attached hydrogens (tertiary/aromatic N) is 2. The van der Waals surface area contributed by atoms with E-state index < -0.39 is 0 Å². The van der Waals surface area contributed by atoms with E-state index in [0.717, 1.165) is 48.4 Å². The summed E-state index contributed by atoms with van der Waals surface area (Å²) in [6, 6.07) is 13.7. The molecule has 25 heavy (non-hydrogen) atoms. The molecule has 1 N–H and O–H groups in total. The minimum atomic E-state index is -0.0834. The molecule has 1 heterocycles. The van der Waals surface area contributed by atoms with Crippen molar-refractivity contribution in [2.75, 3.05) is 42.9 Å². The van der Waals surface area contributed by atoms with Gasteiger partial charge in [0.2, 0.25) is 0 Å². The van der Waals surface area contributed by atoms with Crippen molar-refractivity contribution < 1.29 is 4.79 Å². The number of hydrogen-bond donors (Lipinski definition) is 1. The average molecular weight is 402 g/mol. The first-order valence-corrected chi connectivity index (χ1v) is 9.51. The lowest BCUT2D eigenvalue weighted by Crippen LogP contribution is -2.46. The molecule has 1 aliphatic rings. The Labute approximate surface area is 158 Å². The quantitative estimate of drug-likeness (QED) is 0.835. The highest BCUT2D eigenvalue weighted by Gasteiger charge is 2.16. The largest absolute Gasteiger partial charge is 0.369 e. The van der Waals surface area contributed by atoms with E-state index in [2.05, 4.69) is 50.1 Å². The fourth-order valence-corrected chi connectivity index (χ4v) is 3.37. The first-order valence-electron chi connectivity index (χ1n) is 8.71. The molecule has 5 heteroatoms. The number of nitrogens with one attached hydrogen (secondary N) is 1. The molecule has 1 amide bonds. The van der Waals surface area contributed by atoms with Gasteiger partial charge in [0, 0.05) is 47.6 Å². The van der Waals surface area contributed by atoms with E-state index in [9.17, 15) is 4.79 Å². The molecule has 4 nitrogen and oxygen atoms in total. The summed E-state index contributed by atoms with van der Waals surface area (Å²) in [6.07, 6.45) is 0. The molecular formula is C20H24BrN3O. The SMILES string of the molecule is CCN1CCN(c2ccc(NC(=O)c3ccc(Br)cc3)c(C)c2)CC1. The lowest BCUT2D eigenvalue weighted by Gasteiger charge is -2.35. The van der Waals surface area contributed by atoms with Gasteiger partial charge in [0.25, 0.3) is 5.91 Å². The van der Waals surface area contributed by atoms with Crippen LogP contribution < -0.4 is 10.2 Å². The molecule has 132 valence electrons. The van der Waals surface area contributed by atoms with Crippen LogP contribution in [0.5, 0.6) is 0 Å². The third-order valence-electron chi connectivity index (χ3n) is 4.75. The normalized spacial score (nSPS) is 15.2. The zero-order chi connectivity index (χ0) is 17.8. The number of carbonyl (C=O) groups is 1. The van der Waals surface area contributed by atoms with Crippen molar-refractivity contribution in [3.05, 3.63) is 58.1 Å². The Morgan fingerprint density at radius 2 is 1.76 bits per heavy atom. The van der Waals surface area contributed by atoms with Crippen LogP contribution >= 0.6 is 15.9 Å². The number of benzene rings is 2. The molecule has 0 unspecified atom stereocenters. The van der Waals surface area contributed by atoms with E-state index in [-0.39, 0.29) is 5.91 Å². The number of carbonyl (C=O) groups excluding carboxylic acids is 1. The second kappa shape index (κ2) is 8.02. The predicted octanol–water partition coefficient (Wildman–Crippen LogP) is 4.15. The predicted molar refractivity (Wildman–Crippen MR) is 108 cm³/mol. The Kier molecular flexibility index (Phi) is 5.76. The minimum Gasteiger partial charge on any atom is -0.369 e. The van der Waals surface area contributed by atoms with Crippen molar-refractivity contribution in [1.82, 2.24) is 4.90 Å². The number of piperazine rings is 1. The molecule has 0 aromatic heterocycles. The molecular weight excluding hydrogens is 378 g/mol. The zero-order valence-corrected chi connectivity index (χ0v) is 16.3. The second-order valence-electron chi connectivity index (χ2n) is 6.38. The first-order chi connectivity index (χ1) is 12.1. The Morgan fingerprint density at radius 3 is 2.36 bits per heavy atom. The van der Waals surface area contributed by atoms with E-state index in [1.807, 2.05) is 37.3 Å². The molecule has 0 radical (unpaired) electrons. The topological polar surface area (TPSA) is 35.6 Å². The van der Waals surface area contributed by atoms with Crippen LogP contribution in [0.3, 0.4) is 0 Å². The fraction of sp³-hybridized carbons (Fsp3) is 0.350. The highest BCUT2D eigenvalue weighted by atomic mass is 79.9. The summed E-state index contributed by atoms with van der Waals surface area (Å²) in [6.45, 7) is 9.70. The molecule has 1 saturated heterocycles. The van der Waals surface area contributed by atoms with Crippen molar-refractivity contribution >= 4 is 33.2 Å². The van der Waals surface area contributed by atoms with Crippen LogP contribution in [-0.2, 0) is 0 Å². The molecule has 0 saturated carbocycles. The molecule has 2 aromatic rings. The van der Waals surface area contributed by atoms with Gasteiger partial charge >= 0.3 is 0 Å². The lowest BCUT2D eigenvalue weighted by molar-refractivity contribution is 0.102. The maximum atomic E-state index is 12.4. The second-order valence-corrected chi connectivity index (χ2v) is 7.30. The molecule has 0 aliphatic carbocycles. The van der Waals surface area contributed by atoms with E-state index in [1.54, 1.807) is 0 Å². The van der Waals surface area contributed by atoms with Crippen LogP contribution in [0.15, 0.2) is 46.9 Å². The summed E-state index contributed by atoms with van der Waals surface area (Å²) >= 11 is 3.39. The fourth-order valence-electron chi connectivity index (χ4n) is 3.10. The maximum Gasteiger partial charge on any atom is 0.255 e. The number of hydrogen-bond acceptors (Lipinski definition) is 3. The minimum absolute atomic E-state index is 0.0834. The average Bonchev–Trinajstić information content (AvgIpc) is 2.64. The summed E-state index contributed by atoms with van der Waals surface area (Å²) in [4.78, 5) is 17.3. The Balaban J connectivity index is 1.68. The zero-order valence-electron chi connectivity index (χ0n) is 14.8. The summed E-state index contributed by atoms with van der Waals surface area (Å²) in [5.74, 6) is -0.0834. The Bertz CT molecular complexity index is 737. The van der Waals surface area contributed by atoms with E-state index >= 15 is 0 Å². The summed E-state index contributed by atoms with van der Waals surface area (Å²) in [5.41, 5.74) is 3.84. The van der Waals surface area contributed by atoms with Gasteiger partial charge in [-0.3, -0.25) is 4.79 Å². The number of likely N-dealkylation sites (N-methyl/N-ethyl adjacent to an activating group) is 1. The molecule has 0 bridgehead atoms. The number of aryl methyl sites for hydroxylation is 1. The molecule has 2 aromatic carbocycles. The summed E-state index contributed by atoms with van der Waals surface area (Å²) in [5, 5.41) is 3.01. The third kappa shape index (κ3) is 4.41. The number of halogens is 1. The number of amides is 1. The molecule has 0 atom stereocenters. The van der Waals surface area contributed by atoms with Crippen molar-refractivity contribution in [2.24, 2.45) is 0 Å². The Hall–Kier alpha value is -1.85. The van der Waals surface area contributed by atoms with Gasteiger partial charge in [-0.25, -0.2) is 0 Å². The van der Waals surface area contributed by atoms with Crippen molar-refractivity contribution in [1.29, 1.82) is 0 Å². The van der Waals surface area contributed by atoms with Crippen LogP contribution in [0.1, 0.15) is 22.8 Å². The van der Waals surface area contributed by atoms with Crippen LogP contribution in [0.4, 0.5) is 11.4 Å². The van der Waals surface area contributed by atoms with Gasteiger partial charge in [0.1, 0.15) is 0 Å². The number of anilines is 2. The van der Waals surface area contributed by atoms with Gasteiger partial charge < -0.3 is 15.1 Å². The van der Waals surface area contributed by atoms with Crippen molar-refractivity contribution in [3.8, 4) is 0 Å². The van der Waals surface area contributed by atoms with Gasteiger partial charge in [-0.1, -0.05) is 22.9 Å². The van der Waals surface area contributed by atoms with E-state index in [4.69, 9.17) is 0 Å². The highest BCUT2D eigenvalue weighted by molar-refractivity contribution is 9.10. The smallest absolute Gasteiger partial charge is 0.255 e. The van der Waals surface area contributed by atoms with E-state index in [1.165, 1.54) is 5.69 Å². The van der Waals surface area contributed by atoms with Crippen molar-refractivity contribution in [3.63, 3.8) is 0 Å². The van der Waals surface area contributed by atoms with Crippen LogP contribution in [0, 0.1) is 6.92 Å². The monoisotopic (exact) mass is 401 g/mol. The lowest BCUT2D eigenvalue weighted by atomic mass is 10.1. The first kappa shape index (κ1) is 18.0. The van der Waals surface area contributed by atoms with Crippen LogP contribution in [0.2, 0.25) is 0 Å². The van der Waals surface area contributed by atoms with Crippen LogP contribution in [0.25, 0.3) is 0 Å². The summed E-state index contributed by atoms with van der Waals surface area (Å²) < 4.78 is 0.966.